The third-order valence-corrected chi connectivity index (χ3v) is 5.66. The second-order valence-electron chi connectivity index (χ2n) is 8.88. The van der Waals surface area contributed by atoms with E-state index in [1.54, 1.807) is 0 Å². The van der Waals surface area contributed by atoms with Crippen LogP contribution in [0.2, 0.25) is 0 Å². The number of carboxylic acids is 4. The average Bonchev–Trinajstić information content (AvgIpc) is 3.62. The van der Waals surface area contributed by atoms with Gasteiger partial charge in [0.05, 0.1) is 31.9 Å². The number of hydrogen-bond donors (Lipinski definition) is 4. The zero-order valence-electron chi connectivity index (χ0n) is 20.0. The Labute approximate surface area is 239 Å². The molecule has 0 aromatic carbocycles. The molecule has 3 heterocycles. The van der Waals surface area contributed by atoms with Gasteiger partial charge in [0.25, 0.3) is 0 Å². The Hall–Kier alpha value is -2.98. The number of hydrogen-bond acceptors (Lipinski definition) is 11. The number of rotatable bonds is 14. The van der Waals surface area contributed by atoms with Crippen LogP contribution in [0.5, 0.6) is 0 Å². The Morgan fingerprint density at radius 1 is 0.632 bits per heavy atom. The zero-order valence-corrected chi connectivity index (χ0v) is 20.0. The van der Waals surface area contributed by atoms with Crippen molar-refractivity contribution in [2.24, 2.45) is 0 Å². The molecule has 4 rings (SSSR count). The maximum atomic E-state index is 12.4. The molecule has 0 saturated carbocycles. The summed E-state index contributed by atoms with van der Waals surface area (Å²) in [4.78, 5) is 74.8. The Morgan fingerprint density at radius 3 is 1.29 bits per heavy atom. The zero-order chi connectivity index (χ0) is 27.3. The topological polar surface area (TPSA) is 199 Å². The Morgan fingerprint density at radius 2 is 0.974 bits per heavy atom. The molecule has 0 radical (unpaired) electrons. The van der Waals surface area contributed by atoms with Crippen LogP contribution in [0.1, 0.15) is 0 Å². The van der Waals surface area contributed by atoms with Gasteiger partial charge in [-0.2, -0.15) is 0 Å². The summed E-state index contributed by atoms with van der Waals surface area (Å²) in [6.45, 7) is 3.16. The Kier molecular flexibility index (Phi) is 11.3. The Balaban J connectivity index is 0.000000261. The number of allylic oxidation sites excluding steroid dienone is 1. The summed E-state index contributed by atoms with van der Waals surface area (Å²) >= 11 is 0. The third-order valence-electron chi connectivity index (χ3n) is 5.66. The van der Waals surface area contributed by atoms with Crippen molar-refractivity contribution in [3.63, 3.8) is 0 Å². The quantitative estimate of drug-likeness (QED) is 0.0946. The van der Waals surface area contributed by atoms with Gasteiger partial charge in [0.15, 0.2) is 0 Å². The molecule has 4 aliphatic rings. The van der Waals surface area contributed by atoms with Crippen LogP contribution in [0.15, 0.2) is 23.2 Å². The summed E-state index contributed by atoms with van der Waals surface area (Å²) < 4.78 is 0. The minimum atomic E-state index is -1.23. The maximum absolute atomic E-state index is 12.4. The van der Waals surface area contributed by atoms with E-state index in [4.69, 9.17) is 20.4 Å². The van der Waals surface area contributed by atoms with Crippen molar-refractivity contribution in [3.05, 3.63) is 23.2 Å². The number of carboxylic acid groups (broad SMARTS) is 4. The molecule has 3 saturated heterocycles. The van der Waals surface area contributed by atoms with E-state index in [2.05, 4.69) is 0 Å². The van der Waals surface area contributed by atoms with E-state index in [-0.39, 0.29) is 54.2 Å². The van der Waals surface area contributed by atoms with Crippen molar-refractivity contribution < 1.29 is 49.2 Å². The van der Waals surface area contributed by atoms with Gasteiger partial charge in [-0.25, -0.2) is 0 Å². The van der Waals surface area contributed by atoms with Gasteiger partial charge in [-0.05, 0) is 0 Å². The van der Waals surface area contributed by atoms with Gasteiger partial charge in [-0.15, -0.1) is 0 Å². The van der Waals surface area contributed by atoms with E-state index in [1.165, 1.54) is 6.08 Å². The number of carbonyl (C=O) groups excluding carboxylic acids is 2. The molecule has 0 bridgehead atoms. The van der Waals surface area contributed by atoms with Crippen molar-refractivity contribution >= 4 is 65.0 Å². The van der Waals surface area contributed by atoms with Gasteiger partial charge >= 0.3 is 53.4 Å². The van der Waals surface area contributed by atoms with Gasteiger partial charge in [0.2, 0.25) is 11.6 Å². The molecule has 3 fully saturated rings. The summed E-state index contributed by atoms with van der Waals surface area (Å²) in [6.07, 6.45) is 1.52. The minimum absolute atomic E-state index is 0. The fraction of sp³-hybridized carbons (Fsp3) is 0.545. The molecule has 4 N–H and O–H groups in total. The summed E-state index contributed by atoms with van der Waals surface area (Å²) in [5.74, 6) is -4.86. The first-order valence-electron chi connectivity index (χ1n) is 11.6. The first-order chi connectivity index (χ1) is 17.5. The standard InChI is InChI=1S/C12H13N3O2.C10H16N2O8.Na.H/c16-9-7-8(13-1-2-13)12(17)11(15-5-6-15)10(9)14-3-4-14;13-7(14)3-11(4-8(15)16)1-2-12(5-9(17)18)6-10(19)20;;/h7H,1-6H2;1-6H2,(H,13,14)(H,15,16)(H,17,18)(H,19,20);;. The summed E-state index contributed by atoms with van der Waals surface area (Å²) in [6, 6.07) is 0. The fourth-order valence-electron chi connectivity index (χ4n) is 3.75. The van der Waals surface area contributed by atoms with Crippen LogP contribution in [0.25, 0.3) is 0 Å². The average molecular weight is 547 g/mol. The molecule has 3 aliphatic heterocycles. The molecule has 0 aromatic heterocycles. The van der Waals surface area contributed by atoms with Crippen molar-refractivity contribution in [2.75, 3.05) is 78.5 Å². The van der Waals surface area contributed by atoms with Crippen molar-refractivity contribution in [2.45, 2.75) is 0 Å². The molecule has 0 spiro atoms. The van der Waals surface area contributed by atoms with Crippen LogP contribution in [0.4, 0.5) is 0 Å². The molecule has 15 nitrogen and oxygen atoms in total. The van der Waals surface area contributed by atoms with Crippen LogP contribution in [0.3, 0.4) is 0 Å². The second-order valence-corrected chi connectivity index (χ2v) is 8.88. The van der Waals surface area contributed by atoms with Gasteiger partial charge in [0.1, 0.15) is 11.4 Å². The molecule has 0 atom stereocenters. The monoisotopic (exact) mass is 547 g/mol. The van der Waals surface area contributed by atoms with Crippen LogP contribution >= 0.6 is 0 Å². The van der Waals surface area contributed by atoms with Crippen LogP contribution < -0.4 is 0 Å². The summed E-state index contributed by atoms with van der Waals surface area (Å²) in [5.41, 5.74) is 1.89. The molecule has 1 aliphatic carbocycles. The first-order valence-corrected chi connectivity index (χ1v) is 11.6. The van der Waals surface area contributed by atoms with Gasteiger partial charge < -0.3 is 35.1 Å². The van der Waals surface area contributed by atoms with E-state index in [0.717, 1.165) is 49.1 Å². The number of Topliss-reactive ketones (excluding diaryl/α,β-unsaturated/α-hetero) is 1. The number of ketones is 2. The summed E-state index contributed by atoms with van der Waals surface area (Å²) in [5, 5.41) is 34.5. The Bertz CT molecular complexity index is 981. The van der Waals surface area contributed by atoms with Gasteiger partial charge in [-0.3, -0.25) is 38.6 Å². The fourth-order valence-corrected chi connectivity index (χ4v) is 3.75. The van der Waals surface area contributed by atoms with Crippen LogP contribution in [-0.4, -0.2) is 188 Å². The predicted molar refractivity (Wildman–Crippen MR) is 130 cm³/mol. The SMILES string of the molecule is O=C(O)CN(CCN(CC(=O)O)CC(=O)O)CC(=O)O.O=C1C=C(N2CC2)C(=O)C(N2CC2)=C1N1CC1.[NaH]. The van der Waals surface area contributed by atoms with Crippen LogP contribution in [0, 0.1) is 0 Å². The number of nitrogens with zero attached hydrogens (tertiary/aromatic N) is 5. The molecule has 0 aromatic rings. The predicted octanol–water partition coefficient (Wildman–Crippen LogP) is -3.54. The molecule has 38 heavy (non-hydrogen) atoms. The van der Waals surface area contributed by atoms with E-state index in [0.29, 0.717) is 17.1 Å². The molecule has 16 heteroatoms. The van der Waals surface area contributed by atoms with Crippen LogP contribution in [-0.2, 0) is 28.8 Å². The van der Waals surface area contributed by atoms with Gasteiger partial charge in [0, 0.05) is 58.4 Å². The van der Waals surface area contributed by atoms with Crippen molar-refractivity contribution in [1.29, 1.82) is 0 Å². The van der Waals surface area contributed by atoms with Gasteiger partial charge in [-0.1, -0.05) is 0 Å². The summed E-state index contributed by atoms with van der Waals surface area (Å²) in [7, 11) is 0. The van der Waals surface area contributed by atoms with E-state index in [1.807, 2.05) is 14.7 Å². The number of carbonyl (C=O) groups is 6. The number of aliphatic carboxylic acids is 4. The molecular formula is C22H30N5NaO10. The van der Waals surface area contributed by atoms with Crippen molar-refractivity contribution in [1.82, 2.24) is 24.5 Å². The molecule has 0 amide bonds. The third kappa shape index (κ3) is 9.72. The van der Waals surface area contributed by atoms with E-state index >= 15 is 0 Å². The first kappa shape index (κ1) is 31.2. The normalized spacial score (nSPS) is 17.5. The molecule has 0 unspecified atom stereocenters. The molecule has 204 valence electrons. The van der Waals surface area contributed by atoms with Crippen molar-refractivity contribution in [3.8, 4) is 0 Å². The van der Waals surface area contributed by atoms with E-state index < -0.39 is 50.1 Å². The second kappa shape index (κ2) is 13.7. The molecular weight excluding hydrogens is 517 g/mol. The van der Waals surface area contributed by atoms with E-state index in [9.17, 15) is 28.8 Å².